The van der Waals surface area contributed by atoms with E-state index in [1.54, 1.807) is 13.0 Å². The number of amides is 1. The molecule has 122 valence electrons. The highest BCUT2D eigenvalue weighted by Gasteiger charge is 2.19. The van der Waals surface area contributed by atoms with Gasteiger partial charge in [-0.1, -0.05) is 47.7 Å². The number of hydrogen-bond donors (Lipinski definition) is 3. The van der Waals surface area contributed by atoms with Crippen LogP contribution in [-0.2, 0) is 6.42 Å². The van der Waals surface area contributed by atoms with E-state index in [-0.39, 0.29) is 11.9 Å². The fourth-order valence-electron chi connectivity index (χ4n) is 2.03. The number of carbonyl (C=O) groups is 1. The minimum absolute atomic E-state index is 0.228. The summed E-state index contributed by atoms with van der Waals surface area (Å²) in [5, 5.41) is 16.8. The third-order valence-electron chi connectivity index (χ3n) is 3.35. The number of anilines is 1. The number of aromatic nitrogens is 1. The van der Waals surface area contributed by atoms with E-state index in [1.807, 2.05) is 30.3 Å². The zero-order valence-electron chi connectivity index (χ0n) is 13.0. The molecule has 2 atom stereocenters. The van der Waals surface area contributed by atoms with Crippen LogP contribution in [0.15, 0.2) is 49.2 Å². The lowest BCUT2D eigenvalue weighted by molar-refractivity contribution is 0.0855. The Balaban J connectivity index is 1.88. The number of nitrogens with one attached hydrogen (secondary N) is 2. The minimum atomic E-state index is -0.646. The standard InChI is InChI=1S/C17H21N3O2S/c1-3-9-18-17-19-11-15(23-17)16(22)20-12(2)14(21)10-13-7-5-4-6-8-13/h3-8,11-12,14,21H,1,9-10H2,2H3,(H,18,19)(H,20,22). The van der Waals surface area contributed by atoms with Crippen LogP contribution < -0.4 is 10.6 Å². The fraction of sp³-hybridized carbons (Fsp3) is 0.294. The lowest BCUT2D eigenvalue weighted by Crippen LogP contribution is -2.41. The van der Waals surface area contributed by atoms with Crippen LogP contribution in [0.25, 0.3) is 0 Å². The molecule has 0 aliphatic heterocycles. The molecule has 6 heteroatoms. The Morgan fingerprint density at radius 1 is 1.43 bits per heavy atom. The van der Waals surface area contributed by atoms with Crippen molar-refractivity contribution in [2.75, 3.05) is 11.9 Å². The Labute approximate surface area is 140 Å². The predicted octanol–water partition coefficient (Wildman–Crippen LogP) is 2.46. The number of aliphatic hydroxyl groups is 1. The summed E-state index contributed by atoms with van der Waals surface area (Å²) in [5.74, 6) is -0.228. The van der Waals surface area contributed by atoms with Gasteiger partial charge in [-0.05, 0) is 12.5 Å². The second-order valence-electron chi connectivity index (χ2n) is 5.22. The Kier molecular flexibility index (Phi) is 6.31. The Bertz CT molecular complexity index is 642. The summed E-state index contributed by atoms with van der Waals surface area (Å²) in [6.07, 6.45) is 3.11. The smallest absolute Gasteiger partial charge is 0.263 e. The number of nitrogens with zero attached hydrogens (tertiary/aromatic N) is 1. The molecule has 5 nitrogen and oxygen atoms in total. The van der Waals surface area contributed by atoms with Crippen LogP contribution in [0.4, 0.5) is 5.13 Å². The van der Waals surface area contributed by atoms with Gasteiger partial charge >= 0.3 is 0 Å². The average molecular weight is 331 g/mol. The Morgan fingerprint density at radius 2 is 2.17 bits per heavy atom. The molecule has 2 rings (SSSR count). The molecule has 0 spiro atoms. The van der Waals surface area contributed by atoms with E-state index >= 15 is 0 Å². The van der Waals surface area contributed by atoms with Crippen LogP contribution in [0, 0.1) is 0 Å². The molecule has 1 heterocycles. The van der Waals surface area contributed by atoms with Crippen LogP contribution in [0.1, 0.15) is 22.2 Å². The number of rotatable bonds is 8. The van der Waals surface area contributed by atoms with Crippen LogP contribution in [0.5, 0.6) is 0 Å². The molecule has 1 aromatic heterocycles. The summed E-state index contributed by atoms with van der Waals surface area (Å²) >= 11 is 1.27. The quantitative estimate of drug-likeness (QED) is 0.650. The van der Waals surface area contributed by atoms with E-state index in [4.69, 9.17) is 0 Å². The summed E-state index contributed by atoms with van der Waals surface area (Å²) < 4.78 is 0. The van der Waals surface area contributed by atoms with Crippen molar-refractivity contribution in [1.82, 2.24) is 10.3 Å². The van der Waals surface area contributed by atoms with Gasteiger partial charge < -0.3 is 15.7 Å². The van der Waals surface area contributed by atoms with Gasteiger partial charge in [-0.25, -0.2) is 4.98 Å². The number of hydrogen-bond acceptors (Lipinski definition) is 5. The number of aliphatic hydroxyl groups excluding tert-OH is 1. The predicted molar refractivity (Wildman–Crippen MR) is 93.9 cm³/mol. The third kappa shape index (κ3) is 5.19. The maximum Gasteiger partial charge on any atom is 0.263 e. The van der Waals surface area contributed by atoms with Crippen molar-refractivity contribution in [1.29, 1.82) is 0 Å². The fourth-order valence-corrected chi connectivity index (χ4v) is 2.75. The van der Waals surface area contributed by atoms with Gasteiger partial charge in [-0.15, -0.1) is 6.58 Å². The van der Waals surface area contributed by atoms with E-state index in [0.717, 1.165) is 5.56 Å². The number of thiazole rings is 1. The van der Waals surface area contributed by atoms with Crippen molar-refractivity contribution in [3.05, 3.63) is 59.6 Å². The normalized spacial score (nSPS) is 13.1. The molecule has 1 aromatic carbocycles. The molecule has 1 amide bonds. The Hall–Kier alpha value is -2.18. The van der Waals surface area contributed by atoms with Gasteiger partial charge in [0.05, 0.1) is 18.3 Å². The van der Waals surface area contributed by atoms with Crippen LogP contribution in [0.3, 0.4) is 0 Å². The summed E-state index contributed by atoms with van der Waals surface area (Å²) in [7, 11) is 0. The van der Waals surface area contributed by atoms with Crippen molar-refractivity contribution in [2.45, 2.75) is 25.5 Å². The molecule has 2 aromatic rings. The summed E-state index contributed by atoms with van der Waals surface area (Å²) in [6, 6.07) is 9.36. The van der Waals surface area contributed by atoms with Crippen molar-refractivity contribution in [2.24, 2.45) is 0 Å². The highest BCUT2D eigenvalue weighted by molar-refractivity contribution is 7.17. The first-order chi connectivity index (χ1) is 11.1. The van der Waals surface area contributed by atoms with Crippen molar-refractivity contribution < 1.29 is 9.90 Å². The number of carbonyl (C=O) groups excluding carboxylic acids is 1. The molecule has 2 unspecified atom stereocenters. The van der Waals surface area contributed by atoms with Gasteiger partial charge in [0.15, 0.2) is 5.13 Å². The summed E-state index contributed by atoms with van der Waals surface area (Å²) in [6.45, 7) is 6.01. The molecular weight excluding hydrogens is 310 g/mol. The van der Waals surface area contributed by atoms with Crippen LogP contribution >= 0.6 is 11.3 Å². The molecule has 0 saturated heterocycles. The second-order valence-corrected chi connectivity index (χ2v) is 6.25. The van der Waals surface area contributed by atoms with Gasteiger partial charge in [0.2, 0.25) is 0 Å². The lowest BCUT2D eigenvalue weighted by atomic mass is 10.0. The van der Waals surface area contributed by atoms with Gasteiger partial charge in [0.25, 0.3) is 5.91 Å². The average Bonchev–Trinajstić information content (AvgIpc) is 3.02. The van der Waals surface area contributed by atoms with E-state index in [9.17, 15) is 9.90 Å². The topological polar surface area (TPSA) is 74.2 Å². The van der Waals surface area contributed by atoms with E-state index in [2.05, 4.69) is 22.2 Å². The van der Waals surface area contributed by atoms with Crippen LogP contribution in [-0.4, -0.2) is 34.7 Å². The first-order valence-electron chi connectivity index (χ1n) is 7.43. The molecule has 0 radical (unpaired) electrons. The zero-order valence-corrected chi connectivity index (χ0v) is 13.8. The molecule has 0 saturated carbocycles. The largest absolute Gasteiger partial charge is 0.391 e. The van der Waals surface area contributed by atoms with Gasteiger partial charge in [0.1, 0.15) is 4.88 Å². The first-order valence-corrected chi connectivity index (χ1v) is 8.25. The molecule has 0 bridgehead atoms. The molecular formula is C17H21N3O2S. The highest BCUT2D eigenvalue weighted by atomic mass is 32.1. The zero-order chi connectivity index (χ0) is 16.7. The van der Waals surface area contributed by atoms with Crippen molar-refractivity contribution >= 4 is 22.4 Å². The number of benzene rings is 1. The van der Waals surface area contributed by atoms with Crippen molar-refractivity contribution in [3.63, 3.8) is 0 Å². The lowest BCUT2D eigenvalue weighted by Gasteiger charge is -2.20. The van der Waals surface area contributed by atoms with E-state index in [0.29, 0.717) is 23.0 Å². The maximum absolute atomic E-state index is 12.2. The molecule has 0 aliphatic rings. The summed E-state index contributed by atoms with van der Waals surface area (Å²) in [4.78, 5) is 16.8. The van der Waals surface area contributed by atoms with Crippen LogP contribution in [0.2, 0.25) is 0 Å². The summed E-state index contributed by atoms with van der Waals surface area (Å²) in [5.41, 5.74) is 1.04. The van der Waals surface area contributed by atoms with Gasteiger partial charge in [-0.2, -0.15) is 0 Å². The minimum Gasteiger partial charge on any atom is -0.391 e. The Morgan fingerprint density at radius 3 is 2.87 bits per heavy atom. The maximum atomic E-state index is 12.2. The third-order valence-corrected chi connectivity index (χ3v) is 4.30. The molecule has 3 N–H and O–H groups in total. The van der Waals surface area contributed by atoms with Gasteiger partial charge in [0, 0.05) is 13.0 Å². The molecule has 0 fully saturated rings. The van der Waals surface area contributed by atoms with E-state index in [1.165, 1.54) is 17.5 Å². The highest BCUT2D eigenvalue weighted by Crippen LogP contribution is 2.18. The second kappa shape index (κ2) is 8.45. The van der Waals surface area contributed by atoms with E-state index < -0.39 is 6.10 Å². The van der Waals surface area contributed by atoms with Gasteiger partial charge in [-0.3, -0.25) is 4.79 Å². The molecule has 23 heavy (non-hydrogen) atoms. The van der Waals surface area contributed by atoms with Crippen molar-refractivity contribution in [3.8, 4) is 0 Å². The SMILES string of the molecule is C=CCNc1ncc(C(=O)NC(C)C(O)Cc2ccccc2)s1. The molecule has 0 aliphatic carbocycles. The first kappa shape index (κ1) is 17.2. The monoisotopic (exact) mass is 331 g/mol.